The van der Waals surface area contributed by atoms with Gasteiger partial charge in [-0.2, -0.15) is 5.10 Å². The highest BCUT2D eigenvalue weighted by molar-refractivity contribution is 5.29. The zero-order valence-corrected chi connectivity index (χ0v) is 13.3. The van der Waals surface area contributed by atoms with Crippen LogP contribution in [0.3, 0.4) is 0 Å². The highest BCUT2D eigenvalue weighted by atomic mass is 15.3. The summed E-state index contributed by atoms with van der Waals surface area (Å²) < 4.78 is 1.85. The fourth-order valence-electron chi connectivity index (χ4n) is 2.99. The lowest BCUT2D eigenvalue weighted by Crippen LogP contribution is -2.40. The molecule has 3 heterocycles. The lowest BCUT2D eigenvalue weighted by atomic mass is 9.97. The van der Waals surface area contributed by atoms with E-state index in [-0.39, 0.29) is 0 Å². The Bertz CT molecular complexity index is 581. The molecule has 0 aliphatic carbocycles. The molecule has 1 saturated heterocycles. The number of nitrogens with one attached hydrogen (secondary N) is 1. The van der Waals surface area contributed by atoms with Gasteiger partial charge in [-0.15, -0.1) is 0 Å². The van der Waals surface area contributed by atoms with Crippen molar-refractivity contribution in [1.29, 1.82) is 0 Å². The van der Waals surface area contributed by atoms with E-state index in [0.29, 0.717) is 12.0 Å². The van der Waals surface area contributed by atoms with Crippen molar-refractivity contribution in [3.63, 3.8) is 0 Å². The minimum atomic E-state index is 0.331. The highest BCUT2D eigenvalue weighted by Gasteiger charge is 2.22. The van der Waals surface area contributed by atoms with Gasteiger partial charge in [0.05, 0.1) is 6.20 Å². The minimum absolute atomic E-state index is 0.331. The van der Waals surface area contributed by atoms with E-state index in [4.69, 9.17) is 0 Å². The summed E-state index contributed by atoms with van der Waals surface area (Å²) in [5.41, 5.74) is 1.24. The smallest absolute Gasteiger partial charge is 0.225 e. The van der Waals surface area contributed by atoms with Crippen molar-refractivity contribution < 1.29 is 0 Å². The molecule has 6 nitrogen and oxygen atoms in total. The van der Waals surface area contributed by atoms with Gasteiger partial charge in [-0.25, -0.2) is 9.97 Å². The third-order valence-corrected chi connectivity index (χ3v) is 4.29. The molecule has 0 saturated carbocycles. The lowest BCUT2D eigenvalue weighted by Gasteiger charge is -2.33. The third-order valence-electron chi connectivity index (χ3n) is 4.29. The molecule has 3 rings (SSSR count). The Morgan fingerprint density at radius 2 is 2.18 bits per heavy atom. The number of hydrogen-bond donors (Lipinski definition) is 1. The molecular weight excluding hydrogens is 276 g/mol. The molecule has 0 spiro atoms. The van der Waals surface area contributed by atoms with Crippen LogP contribution in [0.15, 0.2) is 30.9 Å². The second-order valence-corrected chi connectivity index (χ2v) is 6.08. The van der Waals surface area contributed by atoms with Crippen molar-refractivity contribution in [2.75, 3.05) is 24.5 Å². The van der Waals surface area contributed by atoms with E-state index >= 15 is 0 Å². The first kappa shape index (κ1) is 15.0. The Hall–Kier alpha value is -1.95. The number of anilines is 1. The van der Waals surface area contributed by atoms with Crippen LogP contribution in [0.2, 0.25) is 0 Å². The quantitative estimate of drug-likeness (QED) is 0.912. The Labute approximate surface area is 131 Å². The molecule has 0 radical (unpaired) electrons. The van der Waals surface area contributed by atoms with Gasteiger partial charge in [0, 0.05) is 56.9 Å². The fraction of sp³-hybridized carbons (Fsp3) is 0.562. The zero-order valence-electron chi connectivity index (χ0n) is 13.3. The number of aromatic nitrogens is 4. The summed E-state index contributed by atoms with van der Waals surface area (Å²) >= 11 is 0. The second kappa shape index (κ2) is 6.87. The van der Waals surface area contributed by atoms with Crippen LogP contribution in [-0.2, 0) is 7.05 Å². The lowest BCUT2D eigenvalue weighted by molar-refractivity contribution is 0.373. The molecule has 1 aliphatic rings. The zero-order chi connectivity index (χ0) is 15.4. The largest absolute Gasteiger partial charge is 0.341 e. The van der Waals surface area contributed by atoms with Crippen LogP contribution in [0.4, 0.5) is 5.95 Å². The van der Waals surface area contributed by atoms with Gasteiger partial charge < -0.3 is 10.2 Å². The van der Waals surface area contributed by atoms with E-state index in [9.17, 15) is 0 Å². The molecule has 0 amide bonds. The van der Waals surface area contributed by atoms with Gasteiger partial charge in [0.2, 0.25) is 5.95 Å². The maximum atomic E-state index is 4.37. The molecule has 6 heteroatoms. The molecule has 0 unspecified atom stereocenters. The third kappa shape index (κ3) is 3.62. The first-order valence-corrected chi connectivity index (χ1v) is 7.96. The summed E-state index contributed by atoms with van der Waals surface area (Å²) in [7, 11) is 1.95. The monoisotopic (exact) mass is 300 g/mol. The molecule has 1 N–H and O–H groups in total. The van der Waals surface area contributed by atoms with E-state index in [2.05, 4.69) is 38.4 Å². The summed E-state index contributed by atoms with van der Waals surface area (Å²) in [6, 6.07) is 2.19. The molecule has 2 aromatic rings. The van der Waals surface area contributed by atoms with Gasteiger partial charge in [-0.05, 0) is 31.7 Å². The summed E-state index contributed by atoms with van der Waals surface area (Å²) in [6.07, 6.45) is 10.1. The van der Waals surface area contributed by atoms with E-state index < -0.39 is 0 Å². The van der Waals surface area contributed by atoms with Crippen LogP contribution in [-0.4, -0.2) is 39.4 Å². The van der Waals surface area contributed by atoms with Crippen molar-refractivity contribution in [1.82, 2.24) is 25.1 Å². The van der Waals surface area contributed by atoms with Crippen LogP contribution in [0, 0.1) is 5.92 Å². The maximum Gasteiger partial charge on any atom is 0.225 e. The number of aryl methyl sites for hydroxylation is 1. The number of rotatable bonds is 5. The van der Waals surface area contributed by atoms with Gasteiger partial charge in [0.25, 0.3) is 0 Å². The van der Waals surface area contributed by atoms with Crippen molar-refractivity contribution in [2.45, 2.75) is 25.8 Å². The SMILES string of the molecule is C[C@@H](NC[C@@H]1CCCN(c2ncccn2)C1)c1cnn(C)c1. The highest BCUT2D eigenvalue weighted by Crippen LogP contribution is 2.20. The fourth-order valence-corrected chi connectivity index (χ4v) is 2.99. The van der Waals surface area contributed by atoms with E-state index in [1.165, 1.54) is 18.4 Å². The number of nitrogens with zero attached hydrogens (tertiary/aromatic N) is 5. The molecule has 0 aromatic carbocycles. The minimum Gasteiger partial charge on any atom is -0.341 e. The average Bonchev–Trinajstić information content (AvgIpc) is 3.00. The van der Waals surface area contributed by atoms with Gasteiger partial charge in [-0.3, -0.25) is 4.68 Å². The predicted octanol–water partition coefficient (Wildman–Crippen LogP) is 1.78. The van der Waals surface area contributed by atoms with Crippen LogP contribution in [0.1, 0.15) is 31.4 Å². The summed E-state index contributed by atoms with van der Waals surface area (Å²) in [6.45, 7) is 5.28. The number of hydrogen-bond acceptors (Lipinski definition) is 5. The van der Waals surface area contributed by atoms with Gasteiger partial charge in [0.15, 0.2) is 0 Å². The summed E-state index contributed by atoms with van der Waals surface area (Å²) in [4.78, 5) is 11.0. The average molecular weight is 300 g/mol. The summed E-state index contributed by atoms with van der Waals surface area (Å²) in [5.74, 6) is 1.49. The Kier molecular flexibility index (Phi) is 4.68. The van der Waals surface area contributed by atoms with E-state index in [0.717, 1.165) is 25.6 Å². The normalized spacial score (nSPS) is 20.1. The number of piperidine rings is 1. The van der Waals surface area contributed by atoms with Crippen molar-refractivity contribution in [3.05, 3.63) is 36.4 Å². The van der Waals surface area contributed by atoms with Crippen LogP contribution in [0.5, 0.6) is 0 Å². The molecule has 118 valence electrons. The van der Waals surface area contributed by atoms with E-state index in [1.807, 2.05) is 36.4 Å². The topological polar surface area (TPSA) is 58.9 Å². The van der Waals surface area contributed by atoms with Crippen LogP contribution >= 0.6 is 0 Å². The summed E-state index contributed by atoms with van der Waals surface area (Å²) in [5, 5.41) is 7.87. The Morgan fingerprint density at radius 1 is 1.36 bits per heavy atom. The maximum absolute atomic E-state index is 4.37. The Morgan fingerprint density at radius 3 is 2.91 bits per heavy atom. The van der Waals surface area contributed by atoms with Crippen molar-refractivity contribution in [3.8, 4) is 0 Å². The molecule has 0 bridgehead atoms. The van der Waals surface area contributed by atoms with Crippen LogP contribution in [0.25, 0.3) is 0 Å². The van der Waals surface area contributed by atoms with Gasteiger partial charge >= 0.3 is 0 Å². The molecule has 1 fully saturated rings. The van der Waals surface area contributed by atoms with Crippen molar-refractivity contribution in [2.24, 2.45) is 13.0 Å². The van der Waals surface area contributed by atoms with Gasteiger partial charge in [-0.1, -0.05) is 0 Å². The molecule has 2 aromatic heterocycles. The van der Waals surface area contributed by atoms with Crippen molar-refractivity contribution >= 4 is 5.95 Å². The molecule has 22 heavy (non-hydrogen) atoms. The molecule has 2 atom stereocenters. The van der Waals surface area contributed by atoms with E-state index in [1.54, 1.807) is 0 Å². The predicted molar refractivity (Wildman–Crippen MR) is 86.6 cm³/mol. The first-order valence-electron chi connectivity index (χ1n) is 7.96. The second-order valence-electron chi connectivity index (χ2n) is 6.08. The first-order chi connectivity index (χ1) is 10.7. The van der Waals surface area contributed by atoms with Gasteiger partial charge in [0.1, 0.15) is 0 Å². The molecule has 1 aliphatic heterocycles. The standard InChI is InChI=1S/C16H24N6/c1-13(15-10-20-21(2)12-15)19-9-14-5-3-8-22(11-14)16-17-6-4-7-18-16/h4,6-7,10,12-14,19H,3,5,8-9,11H2,1-2H3/t13-,14+/m1/s1. The van der Waals surface area contributed by atoms with Crippen LogP contribution < -0.4 is 10.2 Å². The Balaban J connectivity index is 1.52. The molecular formula is C16H24N6.